The van der Waals surface area contributed by atoms with Crippen LogP contribution < -0.4 is 14.7 Å². The molecule has 3 aliphatic heterocycles. The number of piperidine rings is 2. The summed E-state index contributed by atoms with van der Waals surface area (Å²) in [5, 5.41) is 20.5. The lowest BCUT2D eigenvalue weighted by Crippen LogP contribution is -2.39. The summed E-state index contributed by atoms with van der Waals surface area (Å²) in [4.78, 5) is 34.2. The topological polar surface area (TPSA) is 115 Å². The number of carboxylic acid groups (broad SMARTS) is 1. The molecule has 0 aliphatic carbocycles. The number of hydrogen-bond acceptors (Lipinski definition) is 9. The first kappa shape index (κ1) is 34.1. The van der Waals surface area contributed by atoms with Crippen LogP contribution in [0.5, 0.6) is 0 Å². The lowest BCUT2D eigenvalue weighted by Gasteiger charge is -2.41. The van der Waals surface area contributed by atoms with E-state index in [4.69, 9.17) is 14.7 Å². The van der Waals surface area contributed by atoms with Crippen molar-refractivity contribution >= 4 is 23.4 Å². The van der Waals surface area contributed by atoms with E-state index in [-0.39, 0.29) is 11.5 Å². The summed E-state index contributed by atoms with van der Waals surface area (Å²) in [6.07, 6.45) is 4.84. The van der Waals surface area contributed by atoms with Gasteiger partial charge in [-0.3, -0.25) is 4.98 Å². The van der Waals surface area contributed by atoms with Gasteiger partial charge in [0.05, 0.1) is 17.4 Å². The van der Waals surface area contributed by atoms with Crippen molar-refractivity contribution in [2.75, 3.05) is 47.4 Å². The fourth-order valence-electron chi connectivity index (χ4n) is 7.39. The van der Waals surface area contributed by atoms with Crippen molar-refractivity contribution in [3.05, 3.63) is 58.5 Å². The molecule has 0 bridgehead atoms. The Morgan fingerprint density at radius 1 is 0.938 bits per heavy atom. The Labute approximate surface area is 285 Å². The van der Waals surface area contributed by atoms with Gasteiger partial charge in [-0.2, -0.15) is 4.98 Å². The highest BCUT2D eigenvalue weighted by atomic mass is 16.5. The molecule has 6 rings (SSSR count). The van der Waals surface area contributed by atoms with Crippen LogP contribution in [-0.4, -0.2) is 75.6 Å². The number of ether oxygens (including phenoxy) is 1. The fourth-order valence-corrected chi connectivity index (χ4v) is 7.39. The number of aromatic nitrogens is 3. The number of nitrogens with zero attached hydrogens (tertiary/aromatic N) is 6. The Bertz CT molecular complexity index is 1650. The third kappa shape index (κ3) is 7.29. The minimum atomic E-state index is -1.14. The molecule has 0 radical (unpaired) electrons. The number of carboxylic acids is 1. The number of rotatable bonds is 7. The van der Waals surface area contributed by atoms with Crippen molar-refractivity contribution in [3.8, 4) is 11.1 Å². The molecule has 2 saturated heterocycles. The van der Waals surface area contributed by atoms with E-state index in [0.29, 0.717) is 11.3 Å². The SMILES string of the molecule is Cc1nc(C)c(C(OC(C)(C)C)C(=O)O)c(N2CCC(C)(C)CC2)c1-c1ccc2c(c1)CCN(c1ccnc(N3CCC(O)CC3)n1)C2. The number of carbonyl (C=O) groups is 1. The Morgan fingerprint density at radius 3 is 2.31 bits per heavy atom. The number of benzene rings is 1. The molecule has 1 unspecified atom stereocenters. The molecule has 0 amide bonds. The van der Waals surface area contributed by atoms with Gasteiger partial charge in [0.25, 0.3) is 0 Å². The minimum Gasteiger partial charge on any atom is -0.479 e. The van der Waals surface area contributed by atoms with Crippen LogP contribution in [0.2, 0.25) is 0 Å². The predicted octanol–water partition coefficient (Wildman–Crippen LogP) is 6.25. The largest absolute Gasteiger partial charge is 0.479 e. The zero-order valence-corrected chi connectivity index (χ0v) is 29.7. The Kier molecular flexibility index (Phi) is 9.43. The van der Waals surface area contributed by atoms with Crippen LogP contribution in [0.1, 0.15) is 94.5 Å². The summed E-state index contributed by atoms with van der Waals surface area (Å²) >= 11 is 0. The van der Waals surface area contributed by atoms with E-state index in [1.54, 1.807) is 0 Å². The number of aliphatic hydroxyl groups is 1. The van der Waals surface area contributed by atoms with Crippen molar-refractivity contribution in [1.29, 1.82) is 0 Å². The van der Waals surface area contributed by atoms with E-state index in [9.17, 15) is 15.0 Å². The smallest absolute Gasteiger partial charge is 0.337 e. The molecule has 258 valence electrons. The van der Waals surface area contributed by atoms with Crippen molar-refractivity contribution in [2.45, 2.75) is 105 Å². The molecule has 0 spiro atoms. The lowest BCUT2D eigenvalue weighted by atomic mass is 9.81. The number of pyridine rings is 1. The molecule has 2 N–H and O–H groups in total. The average Bonchev–Trinajstić information content (AvgIpc) is 3.03. The molecule has 1 aromatic carbocycles. The van der Waals surface area contributed by atoms with Gasteiger partial charge in [0, 0.05) is 68.0 Å². The number of fused-ring (bicyclic) bond motifs is 1. The number of hydrogen-bond donors (Lipinski definition) is 2. The summed E-state index contributed by atoms with van der Waals surface area (Å²) in [5.74, 6) is 0.639. The van der Waals surface area contributed by atoms with Crippen molar-refractivity contribution in [3.63, 3.8) is 0 Å². The van der Waals surface area contributed by atoms with Crippen LogP contribution in [0.15, 0.2) is 30.5 Å². The Hall–Kier alpha value is -3.76. The second-order valence-corrected chi connectivity index (χ2v) is 15.6. The van der Waals surface area contributed by atoms with Crippen LogP contribution in [0, 0.1) is 19.3 Å². The predicted molar refractivity (Wildman–Crippen MR) is 190 cm³/mol. The first-order valence-corrected chi connectivity index (χ1v) is 17.5. The van der Waals surface area contributed by atoms with E-state index >= 15 is 0 Å². The maximum Gasteiger partial charge on any atom is 0.337 e. The van der Waals surface area contributed by atoms with Crippen LogP contribution in [0.4, 0.5) is 17.5 Å². The van der Waals surface area contributed by atoms with Crippen molar-refractivity contribution in [1.82, 2.24) is 15.0 Å². The van der Waals surface area contributed by atoms with E-state index < -0.39 is 17.7 Å². The van der Waals surface area contributed by atoms with Gasteiger partial charge in [-0.1, -0.05) is 32.0 Å². The first-order valence-electron chi connectivity index (χ1n) is 17.5. The Morgan fingerprint density at radius 2 is 1.65 bits per heavy atom. The van der Waals surface area contributed by atoms with E-state index in [2.05, 4.69) is 51.7 Å². The molecular formula is C38H52N6O4. The highest BCUT2D eigenvalue weighted by Crippen LogP contribution is 2.45. The summed E-state index contributed by atoms with van der Waals surface area (Å²) in [6, 6.07) is 8.66. The molecule has 10 nitrogen and oxygen atoms in total. The summed E-state index contributed by atoms with van der Waals surface area (Å²) in [5.41, 5.74) is 7.38. The van der Waals surface area contributed by atoms with Gasteiger partial charge >= 0.3 is 5.97 Å². The molecule has 48 heavy (non-hydrogen) atoms. The molecule has 2 fully saturated rings. The van der Waals surface area contributed by atoms with E-state index in [0.717, 1.165) is 106 Å². The maximum absolute atomic E-state index is 12.9. The molecule has 10 heteroatoms. The zero-order chi connectivity index (χ0) is 34.4. The minimum absolute atomic E-state index is 0.237. The number of aliphatic hydroxyl groups excluding tert-OH is 1. The van der Waals surface area contributed by atoms with Crippen LogP contribution in [0.25, 0.3) is 11.1 Å². The zero-order valence-electron chi connectivity index (χ0n) is 29.7. The number of aryl methyl sites for hydroxylation is 2. The van der Waals surface area contributed by atoms with Crippen molar-refractivity contribution < 1.29 is 19.7 Å². The third-order valence-corrected chi connectivity index (χ3v) is 10.2. The number of anilines is 3. The summed E-state index contributed by atoms with van der Waals surface area (Å²) in [7, 11) is 0. The number of aliphatic carboxylic acids is 1. The molecule has 3 aromatic rings. The monoisotopic (exact) mass is 656 g/mol. The third-order valence-electron chi connectivity index (χ3n) is 10.2. The Balaban J connectivity index is 1.36. The summed E-state index contributed by atoms with van der Waals surface area (Å²) < 4.78 is 6.27. The fraction of sp³-hybridized carbons (Fsp3) is 0.579. The molecule has 2 aromatic heterocycles. The highest BCUT2D eigenvalue weighted by Gasteiger charge is 2.37. The van der Waals surface area contributed by atoms with Gasteiger partial charge in [-0.15, -0.1) is 0 Å². The lowest BCUT2D eigenvalue weighted by molar-refractivity contribution is -0.160. The highest BCUT2D eigenvalue weighted by molar-refractivity contribution is 5.88. The maximum atomic E-state index is 12.9. The van der Waals surface area contributed by atoms with Gasteiger partial charge in [0.15, 0.2) is 6.10 Å². The molecule has 0 saturated carbocycles. The first-order chi connectivity index (χ1) is 22.7. The quantitative estimate of drug-likeness (QED) is 0.303. The molecule has 3 aliphatic rings. The molecular weight excluding hydrogens is 604 g/mol. The molecule has 1 atom stereocenters. The van der Waals surface area contributed by atoms with Gasteiger partial charge in [0.2, 0.25) is 5.95 Å². The average molecular weight is 657 g/mol. The standard InChI is InChI=1S/C38H52N6O4/c1-24-31(33(42-20-14-38(6,7)15-21-42)32(25(2)40-24)34(35(46)47)48-37(3,4)5)27-8-9-28-23-44(17-11-26(28)22-27)30-10-16-39-36(41-30)43-18-12-29(45)13-19-43/h8-10,16,22,29,34,45H,11-15,17-21,23H2,1-7H3,(H,46,47). The van der Waals surface area contributed by atoms with Gasteiger partial charge in [-0.05, 0) is 94.9 Å². The van der Waals surface area contributed by atoms with E-state index in [1.165, 1.54) is 11.1 Å². The van der Waals surface area contributed by atoms with Gasteiger partial charge in [0.1, 0.15) is 5.82 Å². The second-order valence-electron chi connectivity index (χ2n) is 15.6. The van der Waals surface area contributed by atoms with Crippen molar-refractivity contribution in [2.24, 2.45) is 5.41 Å². The van der Waals surface area contributed by atoms with Crippen LogP contribution >= 0.6 is 0 Å². The normalized spacial score (nSPS) is 19.3. The second kappa shape index (κ2) is 13.3. The molecule has 5 heterocycles. The van der Waals surface area contributed by atoms with Gasteiger partial charge in [-0.25, -0.2) is 9.78 Å². The van der Waals surface area contributed by atoms with Gasteiger partial charge < -0.3 is 29.6 Å². The van der Waals surface area contributed by atoms with E-state index in [1.807, 2.05) is 46.9 Å². The summed E-state index contributed by atoms with van der Waals surface area (Å²) in [6.45, 7) is 19.1. The van der Waals surface area contributed by atoms with Crippen LogP contribution in [-0.2, 0) is 22.5 Å². The van der Waals surface area contributed by atoms with Crippen LogP contribution in [0.3, 0.4) is 0 Å².